The number of halogens is 2. The minimum absolute atomic E-state index is 0.0632. The molecule has 0 radical (unpaired) electrons. The Hall–Kier alpha value is -1.16. The summed E-state index contributed by atoms with van der Waals surface area (Å²) >= 11 is 13.8. The Bertz CT molecular complexity index is 648. The van der Waals surface area contributed by atoms with Gasteiger partial charge in [-0.15, -0.1) is 0 Å². The number of nitrogens with one attached hydrogen (secondary N) is 1. The summed E-state index contributed by atoms with van der Waals surface area (Å²) in [7, 11) is 0. The molecular weight excluding hydrogens is 349 g/mol. The molecule has 0 bridgehead atoms. The van der Waals surface area contributed by atoms with Crippen LogP contribution in [0.15, 0.2) is 48.5 Å². The maximum Gasteiger partial charge on any atom is 0.220 e. The molecular formula is C18H19Cl2NOS. The highest BCUT2D eigenvalue weighted by molar-refractivity contribution is 7.98. The van der Waals surface area contributed by atoms with E-state index in [0.29, 0.717) is 19.4 Å². The molecule has 0 aliphatic carbocycles. The monoisotopic (exact) mass is 367 g/mol. The third-order valence-corrected chi connectivity index (χ3v) is 4.94. The van der Waals surface area contributed by atoms with Crippen LogP contribution in [0.2, 0.25) is 10.0 Å². The van der Waals surface area contributed by atoms with Crippen molar-refractivity contribution >= 4 is 40.9 Å². The van der Waals surface area contributed by atoms with Crippen LogP contribution < -0.4 is 5.32 Å². The van der Waals surface area contributed by atoms with Gasteiger partial charge in [-0.1, -0.05) is 53.5 Å². The molecule has 5 heteroatoms. The second kappa shape index (κ2) is 9.86. The lowest BCUT2D eigenvalue weighted by Gasteiger charge is -2.07. The van der Waals surface area contributed by atoms with Gasteiger partial charge in [0.25, 0.3) is 0 Å². The summed E-state index contributed by atoms with van der Waals surface area (Å²) < 4.78 is 0. The molecule has 0 saturated heterocycles. The molecule has 2 aromatic carbocycles. The van der Waals surface area contributed by atoms with E-state index in [1.807, 2.05) is 42.5 Å². The molecule has 0 fully saturated rings. The highest BCUT2D eigenvalue weighted by Gasteiger charge is 2.04. The predicted octanol–water partition coefficient (Wildman–Crippen LogP) is 4.98. The normalized spacial score (nSPS) is 10.5. The van der Waals surface area contributed by atoms with Crippen molar-refractivity contribution in [3.05, 3.63) is 69.7 Å². The second-order valence-corrected chi connectivity index (χ2v) is 7.07. The van der Waals surface area contributed by atoms with E-state index in [-0.39, 0.29) is 5.91 Å². The van der Waals surface area contributed by atoms with Crippen molar-refractivity contribution in [3.8, 4) is 0 Å². The summed E-state index contributed by atoms with van der Waals surface area (Å²) in [6, 6.07) is 15.5. The Morgan fingerprint density at radius 2 is 1.91 bits per heavy atom. The molecule has 23 heavy (non-hydrogen) atoms. The number of benzene rings is 2. The zero-order valence-corrected chi connectivity index (χ0v) is 15.1. The smallest absolute Gasteiger partial charge is 0.220 e. The Kier molecular flexibility index (Phi) is 7.80. The average Bonchev–Trinajstić information content (AvgIpc) is 2.54. The van der Waals surface area contributed by atoms with E-state index in [1.165, 1.54) is 5.56 Å². The highest BCUT2D eigenvalue weighted by atomic mass is 35.5. The standard InChI is InChI=1S/C18H19Cl2NOS/c19-16-6-3-4-14(12-16)13-23-11-10-21-18(22)9-8-15-5-1-2-7-17(15)20/h1-7,12H,8-11,13H2,(H,21,22). The lowest BCUT2D eigenvalue weighted by Crippen LogP contribution is -2.25. The van der Waals surface area contributed by atoms with Crippen molar-refractivity contribution in [2.45, 2.75) is 18.6 Å². The molecule has 2 aromatic rings. The Balaban J connectivity index is 1.59. The van der Waals surface area contributed by atoms with Crippen molar-refractivity contribution in [2.75, 3.05) is 12.3 Å². The topological polar surface area (TPSA) is 29.1 Å². The van der Waals surface area contributed by atoms with Gasteiger partial charge in [-0.3, -0.25) is 4.79 Å². The summed E-state index contributed by atoms with van der Waals surface area (Å²) in [5, 5.41) is 4.42. The maximum atomic E-state index is 11.8. The van der Waals surface area contributed by atoms with Gasteiger partial charge < -0.3 is 5.32 Å². The van der Waals surface area contributed by atoms with Gasteiger partial charge in [0.15, 0.2) is 0 Å². The van der Waals surface area contributed by atoms with Crippen LogP contribution in [-0.4, -0.2) is 18.2 Å². The number of thioether (sulfide) groups is 1. The summed E-state index contributed by atoms with van der Waals surface area (Å²) in [5.74, 6) is 1.84. The largest absolute Gasteiger partial charge is 0.355 e. The van der Waals surface area contributed by atoms with E-state index in [2.05, 4.69) is 11.4 Å². The van der Waals surface area contributed by atoms with Crippen LogP contribution in [0, 0.1) is 0 Å². The molecule has 0 heterocycles. The lowest BCUT2D eigenvalue weighted by molar-refractivity contribution is -0.120. The van der Waals surface area contributed by atoms with E-state index in [1.54, 1.807) is 11.8 Å². The fourth-order valence-electron chi connectivity index (χ4n) is 2.12. The van der Waals surface area contributed by atoms with Gasteiger partial charge in [-0.2, -0.15) is 11.8 Å². The molecule has 0 aromatic heterocycles. The van der Waals surface area contributed by atoms with Crippen LogP contribution in [0.5, 0.6) is 0 Å². The second-order valence-electron chi connectivity index (χ2n) is 5.12. The first-order valence-electron chi connectivity index (χ1n) is 7.47. The van der Waals surface area contributed by atoms with Gasteiger partial charge in [-0.05, 0) is 35.7 Å². The van der Waals surface area contributed by atoms with Crippen molar-refractivity contribution in [3.63, 3.8) is 0 Å². The quantitative estimate of drug-likeness (QED) is 0.666. The van der Waals surface area contributed by atoms with Crippen molar-refractivity contribution in [2.24, 2.45) is 0 Å². The van der Waals surface area contributed by atoms with E-state index < -0.39 is 0 Å². The van der Waals surface area contributed by atoms with Gasteiger partial charge >= 0.3 is 0 Å². The first-order valence-corrected chi connectivity index (χ1v) is 9.38. The number of aryl methyl sites for hydroxylation is 1. The molecule has 0 unspecified atom stereocenters. The molecule has 122 valence electrons. The lowest BCUT2D eigenvalue weighted by atomic mass is 10.1. The van der Waals surface area contributed by atoms with Gasteiger partial charge in [0, 0.05) is 34.5 Å². The number of hydrogen-bond donors (Lipinski definition) is 1. The fourth-order valence-corrected chi connectivity index (χ4v) is 3.37. The number of carbonyl (C=O) groups excluding carboxylic acids is 1. The first-order chi connectivity index (χ1) is 11.1. The molecule has 2 nitrogen and oxygen atoms in total. The van der Waals surface area contributed by atoms with Gasteiger partial charge in [-0.25, -0.2) is 0 Å². The van der Waals surface area contributed by atoms with Crippen LogP contribution in [0.1, 0.15) is 17.5 Å². The fraction of sp³-hybridized carbons (Fsp3) is 0.278. The van der Waals surface area contributed by atoms with Gasteiger partial charge in [0.2, 0.25) is 5.91 Å². The molecule has 1 amide bonds. The Labute approximate surface area is 151 Å². The van der Waals surface area contributed by atoms with Crippen LogP contribution in [-0.2, 0) is 17.0 Å². The third-order valence-electron chi connectivity index (χ3n) is 3.31. The van der Waals surface area contributed by atoms with Gasteiger partial charge in [0.05, 0.1) is 0 Å². The molecule has 0 spiro atoms. The van der Waals surface area contributed by atoms with Gasteiger partial charge in [0.1, 0.15) is 0 Å². The summed E-state index contributed by atoms with van der Waals surface area (Å²) in [5.41, 5.74) is 2.21. The van der Waals surface area contributed by atoms with Crippen LogP contribution in [0.25, 0.3) is 0 Å². The molecule has 0 atom stereocenters. The van der Waals surface area contributed by atoms with E-state index >= 15 is 0 Å². The molecule has 0 aliphatic rings. The van der Waals surface area contributed by atoms with E-state index in [4.69, 9.17) is 23.2 Å². The number of rotatable bonds is 8. The number of carbonyl (C=O) groups is 1. The van der Waals surface area contributed by atoms with Crippen molar-refractivity contribution in [1.29, 1.82) is 0 Å². The van der Waals surface area contributed by atoms with Crippen LogP contribution >= 0.6 is 35.0 Å². The molecule has 0 aliphatic heterocycles. The summed E-state index contributed by atoms with van der Waals surface area (Å²) in [4.78, 5) is 11.8. The Morgan fingerprint density at radius 3 is 2.70 bits per heavy atom. The van der Waals surface area contributed by atoms with E-state index in [0.717, 1.165) is 27.1 Å². The van der Waals surface area contributed by atoms with Crippen molar-refractivity contribution in [1.82, 2.24) is 5.32 Å². The molecule has 0 saturated carbocycles. The zero-order chi connectivity index (χ0) is 16.5. The number of hydrogen-bond acceptors (Lipinski definition) is 2. The summed E-state index contributed by atoms with van der Waals surface area (Å²) in [6.45, 7) is 0.673. The minimum atomic E-state index is 0.0632. The maximum absolute atomic E-state index is 11.8. The highest BCUT2D eigenvalue weighted by Crippen LogP contribution is 2.17. The SMILES string of the molecule is O=C(CCc1ccccc1Cl)NCCSCc1cccc(Cl)c1. The van der Waals surface area contributed by atoms with Crippen LogP contribution in [0.3, 0.4) is 0 Å². The first kappa shape index (κ1) is 18.2. The zero-order valence-electron chi connectivity index (χ0n) is 12.7. The average molecular weight is 368 g/mol. The van der Waals surface area contributed by atoms with E-state index in [9.17, 15) is 4.79 Å². The molecule has 1 N–H and O–H groups in total. The third kappa shape index (κ3) is 6.86. The summed E-state index contributed by atoms with van der Waals surface area (Å²) in [6.07, 6.45) is 1.13. The molecule has 2 rings (SSSR count). The predicted molar refractivity (Wildman–Crippen MR) is 100 cm³/mol. The van der Waals surface area contributed by atoms with Crippen LogP contribution in [0.4, 0.5) is 0 Å². The van der Waals surface area contributed by atoms with Crippen molar-refractivity contribution < 1.29 is 4.79 Å². The number of amides is 1. The Morgan fingerprint density at radius 1 is 1.09 bits per heavy atom. The minimum Gasteiger partial charge on any atom is -0.355 e.